The zero-order chi connectivity index (χ0) is 22.1. The smallest absolute Gasteiger partial charge is 0.271 e. The molecule has 0 radical (unpaired) electrons. The van der Waals surface area contributed by atoms with Crippen molar-refractivity contribution in [2.75, 3.05) is 19.0 Å². The molecule has 2 N–H and O–H groups in total. The van der Waals surface area contributed by atoms with Gasteiger partial charge in [0, 0.05) is 5.56 Å². The number of halogens is 1. The van der Waals surface area contributed by atoms with Crippen LogP contribution in [0.15, 0.2) is 77.9 Å². The number of ether oxygens (including phenoxy) is 2. The Bertz CT molecular complexity index is 1100. The van der Waals surface area contributed by atoms with Crippen LogP contribution in [0.4, 0.5) is 10.1 Å². The highest BCUT2D eigenvalue weighted by atomic mass is 19.1. The Hall–Kier alpha value is -4.20. The second-order valence-electron chi connectivity index (χ2n) is 6.32. The van der Waals surface area contributed by atoms with E-state index in [1.807, 2.05) is 0 Å². The van der Waals surface area contributed by atoms with Crippen LogP contribution in [0.2, 0.25) is 0 Å². The highest BCUT2D eigenvalue weighted by Crippen LogP contribution is 2.15. The van der Waals surface area contributed by atoms with Gasteiger partial charge in [0.15, 0.2) is 6.61 Å². The molecule has 0 heterocycles. The lowest BCUT2D eigenvalue weighted by atomic mass is 10.2. The molecule has 0 aliphatic rings. The number of methoxy groups -OCH3 is 1. The van der Waals surface area contributed by atoms with Gasteiger partial charge in [-0.05, 0) is 48.0 Å². The third kappa shape index (κ3) is 6.40. The average molecular weight is 421 g/mol. The maximum absolute atomic E-state index is 13.6. The Balaban J connectivity index is 1.53. The Morgan fingerprint density at radius 1 is 1.00 bits per heavy atom. The summed E-state index contributed by atoms with van der Waals surface area (Å²) in [6.07, 6.45) is 1.45. The maximum atomic E-state index is 13.6. The quantitative estimate of drug-likeness (QED) is 0.430. The monoisotopic (exact) mass is 421 g/mol. The molecule has 0 saturated carbocycles. The first kappa shape index (κ1) is 21.5. The summed E-state index contributed by atoms with van der Waals surface area (Å²) >= 11 is 0. The molecule has 7 nitrogen and oxygen atoms in total. The van der Waals surface area contributed by atoms with Gasteiger partial charge in [0.25, 0.3) is 11.8 Å². The van der Waals surface area contributed by atoms with Crippen molar-refractivity contribution in [3.63, 3.8) is 0 Å². The molecule has 31 heavy (non-hydrogen) atoms. The molecule has 3 rings (SSSR count). The Morgan fingerprint density at radius 3 is 2.58 bits per heavy atom. The highest BCUT2D eigenvalue weighted by Gasteiger charge is 2.08. The molecule has 0 atom stereocenters. The van der Waals surface area contributed by atoms with Crippen LogP contribution in [0.5, 0.6) is 11.5 Å². The number of hydrazone groups is 1. The number of nitrogens with one attached hydrogen (secondary N) is 2. The van der Waals surface area contributed by atoms with Crippen molar-refractivity contribution in [1.29, 1.82) is 0 Å². The fourth-order valence-corrected chi connectivity index (χ4v) is 2.58. The van der Waals surface area contributed by atoms with Crippen LogP contribution in [0.1, 0.15) is 15.9 Å². The number of hydrogen-bond donors (Lipinski definition) is 2. The molecule has 0 aromatic heterocycles. The van der Waals surface area contributed by atoms with E-state index in [2.05, 4.69) is 15.8 Å². The van der Waals surface area contributed by atoms with Gasteiger partial charge in [-0.15, -0.1) is 0 Å². The van der Waals surface area contributed by atoms with Crippen molar-refractivity contribution < 1.29 is 23.5 Å². The zero-order valence-corrected chi connectivity index (χ0v) is 16.7. The van der Waals surface area contributed by atoms with E-state index in [0.717, 1.165) is 0 Å². The SMILES string of the molecule is COc1cccc(C(=O)N/N=C/c2cccc(OCC(=O)Nc3ccccc3F)c2)c1. The molecule has 158 valence electrons. The molecule has 0 saturated heterocycles. The van der Waals surface area contributed by atoms with Crippen molar-refractivity contribution >= 4 is 23.7 Å². The Kier molecular flexibility index (Phi) is 7.31. The fraction of sp³-hybridized carbons (Fsp3) is 0.0870. The largest absolute Gasteiger partial charge is 0.497 e. The van der Waals surface area contributed by atoms with Gasteiger partial charge in [-0.1, -0.05) is 30.3 Å². The van der Waals surface area contributed by atoms with Crippen LogP contribution < -0.4 is 20.2 Å². The van der Waals surface area contributed by atoms with Crippen LogP contribution in [-0.4, -0.2) is 31.7 Å². The van der Waals surface area contributed by atoms with Gasteiger partial charge in [0.1, 0.15) is 17.3 Å². The number of anilines is 1. The number of benzene rings is 3. The van der Waals surface area contributed by atoms with Gasteiger partial charge < -0.3 is 14.8 Å². The standard InChI is InChI=1S/C23H20FN3O4/c1-30-18-8-5-7-17(13-18)23(29)27-25-14-16-6-4-9-19(12-16)31-15-22(28)26-21-11-3-2-10-20(21)24/h2-14H,15H2,1H3,(H,26,28)(H,27,29)/b25-14+. The number of amides is 2. The van der Waals surface area contributed by atoms with Crippen LogP contribution in [-0.2, 0) is 4.79 Å². The van der Waals surface area contributed by atoms with E-state index in [4.69, 9.17) is 9.47 Å². The van der Waals surface area contributed by atoms with Crippen molar-refractivity contribution in [3.05, 3.63) is 89.7 Å². The summed E-state index contributed by atoms with van der Waals surface area (Å²) in [6, 6.07) is 19.4. The zero-order valence-electron chi connectivity index (χ0n) is 16.7. The first-order chi connectivity index (χ1) is 15.0. The predicted octanol–water partition coefficient (Wildman–Crippen LogP) is 3.62. The average Bonchev–Trinajstić information content (AvgIpc) is 2.79. The summed E-state index contributed by atoms with van der Waals surface area (Å²) in [5.41, 5.74) is 3.58. The minimum absolute atomic E-state index is 0.0868. The summed E-state index contributed by atoms with van der Waals surface area (Å²) in [7, 11) is 1.52. The molecule has 0 aliphatic heterocycles. The molecule has 0 bridgehead atoms. The maximum Gasteiger partial charge on any atom is 0.271 e. The topological polar surface area (TPSA) is 89.0 Å². The lowest BCUT2D eigenvalue weighted by Crippen LogP contribution is -2.20. The second-order valence-corrected chi connectivity index (χ2v) is 6.32. The van der Waals surface area contributed by atoms with Gasteiger partial charge in [-0.25, -0.2) is 9.82 Å². The Labute approximate surface area is 178 Å². The van der Waals surface area contributed by atoms with E-state index < -0.39 is 11.7 Å². The van der Waals surface area contributed by atoms with E-state index in [9.17, 15) is 14.0 Å². The highest BCUT2D eigenvalue weighted by molar-refractivity contribution is 5.95. The number of carbonyl (C=O) groups is 2. The second kappa shape index (κ2) is 10.5. The van der Waals surface area contributed by atoms with Crippen molar-refractivity contribution in [3.8, 4) is 11.5 Å². The van der Waals surface area contributed by atoms with Crippen molar-refractivity contribution in [1.82, 2.24) is 5.43 Å². The third-order valence-electron chi connectivity index (χ3n) is 4.09. The predicted molar refractivity (Wildman–Crippen MR) is 115 cm³/mol. The van der Waals surface area contributed by atoms with Crippen molar-refractivity contribution in [2.24, 2.45) is 5.10 Å². The van der Waals surface area contributed by atoms with E-state index >= 15 is 0 Å². The van der Waals surface area contributed by atoms with Crippen LogP contribution in [0.3, 0.4) is 0 Å². The molecule has 0 spiro atoms. The van der Waals surface area contributed by atoms with E-state index in [1.165, 1.54) is 31.5 Å². The number of hydrogen-bond acceptors (Lipinski definition) is 5. The van der Waals surface area contributed by atoms with Gasteiger partial charge in [-0.2, -0.15) is 5.10 Å². The van der Waals surface area contributed by atoms with Gasteiger partial charge in [0.05, 0.1) is 19.0 Å². The van der Waals surface area contributed by atoms with Gasteiger partial charge in [0.2, 0.25) is 0 Å². The molecule has 3 aromatic rings. The molecule has 3 aromatic carbocycles. The van der Waals surface area contributed by atoms with Crippen LogP contribution >= 0.6 is 0 Å². The molecule has 0 unspecified atom stereocenters. The minimum Gasteiger partial charge on any atom is -0.497 e. The first-order valence-corrected chi connectivity index (χ1v) is 9.30. The summed E-state index contributed by atoms with van der Waals surface area (Å²) in [5.74, 6) is -0.403. The number of carbonyl (C=O) groups excluding carboxylic acids is 2. The summed E-state index contributed by atoms with van der Waals surface area (Å²) < 4.78 is 24.1. The fourth-order valence-electron chi connectivity index (χ4n) is 2.58. The van der Waals surface area contributed by atoms with Gasteiger partial charge >= 0.3 is 0 Å². The molecule has 2 amide bonds. The molecular formula is C23H20FN3O4. The molecule has 8 heteroatoms. The molecular weight excluding hydrogens is 401 g/mol. The lowest BCUT2D eigenvalue weighted by molar-refractivity contribution is -0.118. The summed E-state index contributed by atoms with van der Waals surface area (Å²) in [6.45, 7) is -0.290. The lowest BCUT2D eigenvalue weighted by Gasteiger charge is -2.08. The van der Waals surface area contributed by atoms with Crippen molar-refractivity contribution in [2.45, 2.75) is 0 Å². The van der Waals surface area contributed by atoms with Gasteiger partial charge in [-0.3, -0.25) is 9.59 Å². The first-order valence-electron chi connectivity index (χ1n) is 9.30. The third-order valence-corrected chi connectivity index (χ3v) is 4.09. The molecule has 0 aliphatic carbocycles. The summed E-state index contributed by atoms with van der Waals surface area (Å²) in [5, 5.41) is 6.38. The number of nitrogens with zero attached hydrogens (tertiary/aromatic N) is 1. The minimum atomic E-state index is -0.523. The Morgan fingerprint density at radius 2 is 1.77 bits per heavy atom. The number of rotatable bonds is 8. The normalized spacial score (nSPS) is 10.5. The summed E-state index contributed by atoms with van der Waals surface area (Å²) in [4.78, 5) is 24.1. The van der Waals surface area contributed by atoms with Crippen LogP contribution in [0, 0.1) is 5.82 Å². The molecule has 0 fully saturated rings. The van der Waals surface area contributed by atoms with E-state index in [1.54, 1.807) is 54.6 Å². The van der Waals surface area contributed by atoms with E-state index in [-0.39, 0.29) is 18.2 Å². The number of para-hydroxylation sites is 1. The van der Waals surface area contributed by atoms with E-state index in [0.29, 0.717) is 22.6 Å². The van der Waals surface area contributed by atoms with Crippen LogP contribution in [0.25, 0.3) is 0 Å².